The zero-order chi connectivity index (χ0) is 18.8. The second kappa shape index (κ2) is 5.85. The van der Waals surface area contributed by atoms with Gasteiger partial charge >= 0.3 is 0 Å². The van der Waals surface area contributed by atoms with Crippen molar-refractivity contribution in [2.75, 3.05) is 0 Å². The van der Waals surface area contributed by atoms with Crippen molar-refractivity contribution in [3.8, 4) is 22.3 Å². The molecule has 0 unspecified atom stereocenters. The van der Waals surface area contributed by atoms with E-state index in [1.165, 1.54) is 44.5 Å². The maximum Gasteiger partial charge on any atom is 0.0491 e. The first-order valence-electron chi connectivity index (χ1n) is 9.27. The van der Waals surface area contributed by atoms with E-state index in [2.05, 4.69) is 60.7 Å². The van der Waals surface area contributed by atoms with E-state index in [9.17, 15) is 0 Å². The molecule has 0 saturated carbocycles. The number of halogens is 2. The van der Waals surface area contributed by atoms with Crippen LogP contribution in [-0.2, 0) is 0 Å². The van der Waals surface area contributed by atoms with Gasteiger partial charge in [-0.3, -0.25) is 0 Å². The number of rotatable bonds is 0. The molecule has 0 aromatic heterocycles. The molecule has 2 aliphatic rings. The first-order valence-corrected chi connectivity index (χ1v) is 10.0. The summed E-state index contributed by atoms with van der Waals surface area (Å²) in [6, 6.07) is 29.4. The van der Waals surface area contributed by atoms with Crippen LogP contribution in [0.4, 0.5) is 0 Å². The molecule has 0 fully saturated rings. The lowest BCUT2D eigenvalue weighted by molar-refractivity contribution is 1.62. The predicted molar refractivity (Wildman–Crippen MR) is 119 cm³/mol. The Morgan fingerprint density at radius 3 is 1.14 bits per heavy atom. The fraction of sp³-hybridized carbons (Fsp3) is 0. The van der Waals surface area contributed by atoms with Crippen molar-refractivity contribution >= 4 is 34.3 Å². The van der Waals surface area contributed by atoms with Crippen LogP contribution in [0.15, 0.2) is 84.9 Å². The summed E-state index contributed by atoms with van der Waals surface area (Å²) in [5.41, 5.74) is 11.8. The molecule has 2 aliphatic carbocycles. The number of hydrogen-bond donors (Lipinski definition) is 0. The summed E-state index contributed by atoms with van der Waals surface area (Å²) in [6.07, 6.45) is 0. The van der Waals surface area contributed by atoms with Gasteiger partial charge in [0.2, 0.25) is 0 Å². The van der Waals surface area contributed by atoms with Gasteiger partial charge in [-0.05, 0) is 45.5 Å². The van der Waals surface area contributed by atoms with Crippen molar-refractivity contribution in [2.24, 2.45) is 0 Å². The Morgan fingerprint density at radius 1 is 0.357 bits per heavy atom. The SMILES string of the molecule is Clc1cccc2c1/C(=C1/c3ccccc3-c3cccc(Cl)c31)c1ccccc1-2. The molecule has 0 atom stereocenters. The average Bonchev–Trinajstić information content (AvgIpc) is 3.23. The molecule has 4 aromatic carbocycles. The third-order valence-electron chi connectivity index (χ3n) is 5.75. The third-order valence-corrected chi connectivity index (χ3v) is 6.38. The zero-order valence-electron chi connectivity index (χ0n) is 14.8. The van der Waals surface area contributed by atoms with Crippen LogP contribution in [0.2, 0.25) is 10.0 Å². The van der Waals surface area contributed by atoms with E-state index in [0.29, 0.717) is 0 Å². The van der Waals surface area contributed by atoms with E-state index >= 15 is 0 Å². The number of hydrogen-bond acceptors (Lipinski definition) is 0. The molecule has 0 nitrogen and oxygen atoms in total. The Morgan fingerprint density at radius 2 is 0.714 bits per heavy atom. The predicted octanol–water partition coefficient (Wildman–Crippen LogP) is 7.96. The summed E-state index contributed by atoms with van der Waals surface area (Å²) >= 11 is 13.5. The van der Waals surface area contributed by atoms with Crippen molar-refractivity contribution in [2.45, 2.75) is 0 Å². The van der Waals surface area contributed by atoms with Gasteiger partial charge in [0.25, 0.3) is 0 Å². The van der Waals surface area contributed by atoms with Gasteiger partial charge in [0.1, 0.15) is 0 Å². The highest BCUT2D eigenvalue weighted by Crippen LogP contribution is 2.56. The quantitative estimate of drug-likeness (QED) is 0.244. The van der Waals surface area contributed by atoms with Crippen LogP contribution in [0.25, 0.3) is 33.4 Å². The highest BCUT2D eigenvalue weighted by Gasteiger charge is 2.34. The molecule has 0 bridgehead atoms. The molecular weight excluding hydrogens is 383 g/mol. The van der Waals surface area contributed by atoms with E-state index in [4.69, 9.17) is 23.2 Å². The minimum Gasteiger partial charge on any atom is -0.0836 e. The molecule has 0 N–H and O–H groups in total. The van der Waals surface area contributed by atoms with E-state index in [1.54, 1.807) is 0 Å². The highest BCUT2D eigenvalue weighted by molar-refractivity contribution is 6.37. The molecule has 2 heteroatoms. The van der Waals surface area contributed by atoms with Gasteiger partial charge in [0.15, 0.2) is 0 Å². The zero-order valence-corrected chi connectivity index (χ0v) is 16.4. The maximum atomic E-state index is 6.76. The fourth-order valence-corrected chi connectivity index (χ4v) is 5.20. The van der Waals surface area contributed by atoms with Gasteiger partial charge in [-0.25, -0.2) is 0 Å². The van der Waals surface area contributed by atoms with Crippen LogP contribution >= 0.6 is 23.2 Å². The van der Waals surface area contributed by atoms with Crippen LogP contribution in [-0.4, -0.2) is 0 Å². The van der Waals surface area contributed by atoms with Gasteiger partial charge in [-0.2, -0.15) is 0 Å². The van der Waals surface area contributed by atoms with Gasteiger partial charge < -0.3 is 0 Å². The summed E-state index contributed by atoms with van der Waals surface area (Å²) in [5.74, 6) is 0. The third kappa shape index (κ3) is 2.02. The minimum absolute atomic E-state index is 0.772. The van der Waals surface area contributed by atoms with Gasteiger partial charge in [0, 0.05) is 32.3 Å². The van der Waals surface area contributed by atoms with Crippen LogP contribution in [0.3, 0.4) is 0 Å². The summed E-state index contributed by atoms with van der Waals surface area (Å²) in [6.45, 7) is 0. The molecule has 0 spiro atoms. The van der Waals surface area contributed by atoms with E-state index in [0.717, 1.165) is 21.2 Å². The summed E-state index contributed by atoms with van der Waals surface area (Å²) in [5, 5.41) is 1.54. The molecule has 0 saturated heterocycles. The maximum absolute atomic E-state index is 6.76. The van der Waals surface area contributed by atoms with E-state index < -0.39 is 0 Å². The molecule has 0 radical (unpaired) electrons. The first-order chi connectivity index (χ1) is 13.8. The lowest BCUT2D eigenvalue weighted by Crippen LogP contribution is -1.92. The van der Waals surface area contributed by atoms with Crippen LogP contribution < -0.4 is 0 Å². The Bertz CT molecular complexity index is 1230. The Kier molecular flexibility index (Phi) is 3.38. The van der Waals surface area contributed by atoms with Crippen molar-refractivity contribution < 1.29 is 0 Å². The van der Waals surface area contributed by atoms with E-state index in [1.807, 2.05) is 24.3 Å². The second-order valence-corrected chi connectivity index (χ2v) is 7.98. The molecule has 0 aliphatic heterocycles. The molecule has 132 valence electrons. The fourth-order valence-electron chi connectivity index (χ4n) is 4.67. The Hall–Kier alpha value is -2.80. The summed E-state index contributed by atoms with van der Waals surface area (Å²) in [7, 11) is 0. The minimum atomic E-state index is 0.772. The number of fused-ring (bicyclic) bond motifs is 6. The molecule has 0 heterocycles. The van der Waals surface area contributed by atoms with Gasteiger partial charge in [-0.15, -0.1) is 0 Å². The standard InChI is InChI=1S/C26H14Cl2/c27-21-13-5-11-17-15-7-1-3-9-19(15)25(23(17)21)26-20-10-4-2-8-16(20)18-12-6-14-22(28)24(18)26/h1-14H/b26-25-. The van der Waals surface area contributed by atoms with Gasteiger partial charge in [-0.1, -0.05) is 96.0 Å². The average molecular weight is 397 g/mol. The molecule has 6 rings (SSSR count). The topological polar surface area (TPSA) is 0 Å². The Labute approximate surface area is 173 Å². The van der Waals surface area contributed by atoms with Crippen molar-refractivity contribution in [3.63, 3.8) is 0 Å². The second-order valence-electron chi connectivity index (χ2n) is 7.17. The Balaban J connectivity index is 1.85. The van der Waals surface area contributed by atoms with Crippen molar-refractivity contribution in [3.05, 3.63) is 117 Å². The van der Waals surface area contributed by atoms with Crippen LogP contribution in [0.1, 0.15) is 22.3 Å². The highest BCUT2D eigenvalue weighted by atomic mass is 35.5. The lowest BCUT2D eigenvalue weighted by Gasteiger charge is -2.13. The largest absolute Gasteiger partial charge is 0.0836 e. The van der Waals surface area contributed by atoms with Gasteiger partial charge in [0.05, 0.1) is 0 Å². The normalized spacial score (nSPS) is 15.8. The monoisotopic (exact) mass is 396 g/mol. The number of benzene rings is 4. The molecule has 4 aromatic rings. The summed E-state index contributed by atoms with van der Waals surface area (Å²) < 4.78 is 0. The van der Waals surface area contributed by atoms with Crippen LogP contribution in [0, 0.1) is 0 Å². The van der Waals surface area contributed by atoms with Crippen molar-refractivity contribution in [1.29, 1.82) is 0 Å². The molecular formula is C26H14Cl2. The molecule has 28 heavy (non-hydrogen) atoms. The van der Waals surface area contributed by atoms with Crippen molar-refractivity contribution in [1.82, 2.24) is 0 Å². The summed E-state index contributed by atoms with van der Waals surface area (Å²) in [4.78, 5) is 0. The first kappa shape index (κ1) is 16.2. The smallest absolute Gasteiger partial charge is 0.0491 e. The van der Waals surface area contributed by atoms with E-state index in [-0.39, 0.29) is 0 Å². The van der Waals surface area contributed by atoms with Crippen LogP contribution in [0.5, 0.6) is 0 Å². The lowest BCUT2D eigenvalue weighted by atomic mass is 9.91. The molecule has 0 amide bonds.